The fourth-order valence-electron chi connectivity index (χ4n) is 0.673. The van der Waals surface area contributed by atoms with E-state index >= 15 is 0 Å². The molecule has 0 heterocycles. The van der Waals surface area contributed by atoms with Gasteiger partial charge in [0.05, 0.1) is 0 Å². The molecule has 0 spiro atoms. The van der Waals surface area contributed by atoms with Crippen molar-refractivity contribution in [2.75, 3.05) is 0 Å². The fourth-order valence-corrected chi connectivity index (χ4v) is 0.736. The normalized spacial score (nSPS) is 9.42. The number of carbonyl (C=O) groups excluding carboxylic acids is 1. The molecule has 1 radical (unpaired) electrons. The van der Waals surface area contributed by atoms with Crippen LogP contribution in [0.25, 0.3) is 6.08 Å². The minimum atomic E-state index is -0.460. The largest absolute Gasteiger partial charge is 0.276 e. The number of halogens is 1. The van der Waals surface area contributed by atoms with Crippen LogP contribution >= 0.6 is 11.6 Å². The third-order valence-electron chi connectivity index (χ3n) is 1.15. The van der Waals surface area contributed by atoms with Gasteiger partial charge in [0, 0.05) is 16.8 Å². The van der Waals surface area contributed by atoms with Gasteiger partial charge in [-0.15, -0.1) is 5.56 Å². The Hall–Kier alpha value is -0.574. The summed E-state index contributed by atoms with van der Waals surface area (Å²) in [7, 11) is 0. The number of hydrogen-bond donors (Lipinski definition) is 0. The predicted octanol–water partition coefficient (Wildman–Crippen LogP) is 2.26. The number of allylic oxidation sites excluding steroid dienone is 1. The maximum Gasteiger partial charge on any atom is 0.245 e. The minimum Gasteiger partial charge on any atom is -0.276 e. The van der Waals surface area contributed by atoms with Gasteiger partial charge in [-0.05, 0) is 17.7 Å². The van der Waals surface area contributed by atoms with Gasteiger partial charge in [-0.3, -0.25) is 4.79 Å². The maximum atomic E-state index is 10.3. The Labute approximate surface area is 86.6 Å². The topological polar surface area (TPSA) is 17.1 Å². The quantitative estimate of drug-likeness (QED) is 0.428. The third-order valence-corrected chi connectivity index (χ3v) is 1.28. The zero-order valence-corrected chi connectivity index (χ0v) is 7.88. The van der Waals surface area contributed by atoms with Crippen molar-refractivity contribution in [3.63, 3.8) is 0 Å². The Bertz CT molecular complexity index is 269. The monoisotopic (exact) mass is 224 g/mol. The molecule has 1 nitrogen and oxygen atoms in total. The van der Waals surface area contributed by atoms with Crippen LogP contribution < -0.4 is 0 Å². The van der Waals surface area contributed by atoms with E-state index in [1.54, 1.807) is 18.2 Å². The van der Waals surface area contributed by atoms with Crippen molar-refractivity contribution in [1.82, 2.24) is 0 Å². The molecule has 0 aliphatic heterocycles. The Kier molecular flexibility index (Phi) is 5.71. The van der Waals surface area contributed by atoms with Gasteiger partial charge >= 0.3 is 0 Å². The van der Waals surface area contributed by atoms with Gasteiger partial charge in [0.1, 0.15) is 0 Å². The Morgan fingerprint density at radius 2 is 2.00 bits per heavy atom. The summed E-state index contributed by atoms with van der Waals surface area (Å²) in [6, 6.07) is 10.1. The molecular formula is C9H6ClCoO-. The molecule has 0 amide bonds. The van der Waals surface area contributed by atoms with Crippen molar-refractivity contribution in [2.45, 2.75) is 0 Å². The van der Waals surface area contributed by atoms with Crippen LogP contribution in [0.4, 0.5) is 0 Å². The van der Waals surface area contributed by atoms with Crippen molar-refractivity contribution in [2.24, 2.45) is 0 Å². The van der Waals surface area contributed by atoms with Crippen molar-refractivity contribution in [3.8, 4) is 0 Å². The first kappa shape index (κ1) is 11.4. The fraction of sp³-hybridized carbons (Fsp3) is 0. The molecule has 65 valence electrons. The summed E-state index contributed by atoms with van der Waals surface area (Å²) in [6.07, 6.45) is 2.97. The van der Waals surface area contributed by atoms with E-state index in [2.05, 4.69) is 6.07 Å². The van der Waals surface area contributed by atoms with Crippen molar-refractivity contribution < 1.29 is 21.6 Å². The van der Waals surface area contributed by atoms with Crippen LogP contribution in [0.5, 0.6) is 0 Å². The molecule has 3 heteroatoms. The Morgan fingerprint density at radius 3 is 2.50 bits per heavy atom. The summed E-state index contributed by atoms with van der Waals surface area (Å²) in [5.74, 6) is 0. The molecule has 12 heavy (non-hydrogen) atoms. The van der Waals surface area contributed by atoms with Crippen LogP contribution in [0.15, 0.2) is 30.3 Å². The van der Waals surface area contributed by atoms with E-state index in [-0.39, 0.29) is 16.8 Å². The van der Waals surface area contributed by atoms with Gasteiger partial charge in [-0.25, -0.2) is 0 Å². The van der Waals surface area contributed by atoms with E-state index in [0.29, 0.717) is 0 Å². The maximum absolute atomic E-state index is 10.3. The smallest absolute Gasteiger partial charge is 0.245 e. The zero-order chi connectivity index (χ0) is 8.10. The molecule has 0 fully saturated rings. The van der Waals surface area contributed by atoms with E-state index < -0.39 is 5.24 Å². The Balaban J connectivity index is 0.00000121. The van der Waals surface area contributed by atoms with Crippen LogP contribution in [-0.2, 0) is 21.6 Å². The second-order valence-corrected chi connectivity index (χ2v) is 2.34. The summed E-state index contributed by atoms with van der Waals surface area (Å²) in [5.41, 5.74) is 0.942. The van der Waals surface area contributed by atoms with Gasteiger partial charge in [-0.1, -0.05) is 6.08 Å². The number of carbonyl (C=O) groups is 1. The molecular weight excluding hydrogens is 218 g/mol. The first-order valence-electron chi connectivity index (χ1n) is 3.13. The van der Waals surface area contributed by atoms with E-state index in [0.717, 1.165) is 5.56 Å². The number of hydrogen-bond acceptors (Lipinski definition) is 1. The van der Waals surface area contributed by atoms with E-state index in [9.17, 15) is 4.79 Å². The molecule has 0 aliphatic carbocycles. The van der Waals surface area contributed by atoms with Gasteiger partial charge in [0.2, 0.25) is 5.24 Å². The average molecular weight is 225 g/mol. The van der Waals surface area contributed by atoms with E-state index in [1.165, 1.54) is 6.08 Å². The summed E-state index contributed by atoms with van der Waals surface area (Å²) in [5, 5.41) is -0.460. The molecule has 1 aromatic rings. The van der Waals surface area contributed by atoms with Crippen LogP contribution in [0.2, 0.25) is 0 Å². The molecule has 0 N–H and O–H groups in total. The van der Waals surface area contributed by atoms with Crippen molar-refractivity contribution in [1.29, 1.82) is 0 Å². The first-order chi connectivity index (χ1) is 5.29. The van der Waals surface area contributed by atoms with Crippen LogP contribution in [0.1, 0.15) is 5.56 Å². The molecule has 1 rings (SSSR count). The number of rotatable bonds is 2. The second-order valence-electron chi connectivity index (χ2n) is 1.97. The molecule has 0 saturated carbocycles. The van der Waals surface area contributed by atoms with Crippen molar-refractivity contribution in [3.05, 3.63) is 42.0 Å². The summed E-state index contributed by atoms with van der Waals surface area (Å²) in [6.45, 7) is 0. The second kappa shape index (κ2) is 6.00. The summed E-state index contributed by atoms with van der Waals surface area (Å²) >= 11 is 5.09. The first-order valence-corrected chi connectivity index (χ1v) is 3.50. The number of benzene rings is 1. The van der Waals surface area contributed by atoms with Gasteiger partial charge in [-0.2, -0.15) is 30.3 Å². The van der Waals surface area contributed by atoms with Gasteiger partial charge in [0.15, 0.2) is 0 Å². The van der Waals surface area contributed by atoms with Crippen molar-refractivity contribution >= 4 is 22.9 Å². The molecule has 0 aromatic heterocycles. The van der Waals surface area contributed by atoms with E-state index in [1.807, 2.05) is 12.1 Å². The third kappa shape index (κ3) is 4.33. The molecule has 0 saturated heterocycles. The Morgan fingerprint density at radius 1 is 1.42 bits per heavy atom. The van der Waals surface area contributed by atoms with Crippen LogP contribution in [0.3, 0.4) is 0 Å². The van der Waals surface area contributed by atoms with Crippen LogP contribution in [-0.4, -0.2) is 5.24 Å². The average Bonchev–Trinajstić information content (AvgIpc) is 2.03. The SMILES string of the molecule is O=C(Cl)/C=C/c1cc[c-]cc1.[Co]. The standard InChI is InChI=1S/C9H6ClO.Co/c10-9(11)7-6-8-4-2-1-3-5-8;/h2-7H;/q-1;/b7-6+;. The molecule has 0 bridgehead atoms. The summed E-state index contributed by atoms with van der Waals surface area (Å²) in [4.78, 5) is 10.3. The molecule has 0 unspecified atom stereocenters. The van der Waals surface area contributed by atoms with Crippen LogP contribution in [0, 0.1) is 6.07 Å². The minimum absolute atomic E-state index is 0. The molecule has 1 aromatic carbocycles. The van der Waals surface area contributed by atoms with Gasteiger partial charge in [0.25, 0.3) is 0 Å². The molecule has 0 atom stereocenters. The summed E-state index contributed by atoms with van der Waals surface area (Å²) < 4.78 is 0. The van der Waals surface area contributed by atoms with E-state index in [4.69, 9.17) is 11.6 Å². The zero-order valence-electron chi connectivity index (χ0n) is 6.08. The predicted molar refractivity (Wildman–Crippen MR) is 45.2 cm³/mol. The molecule has 0 aliphatic rings. The van der Waals surface area contributed by atoms with Gasteiger partial charge < -0.3 is 0 Å².